The van der Waals surface area contributed by atoms with Crippen LogP contribution >= 0.6 is 24.8 Å². The van der Waals surface area contributed by atoms with Crippen LogP contribution in [-0.2, 0) is 11.3 Å². The van der Waals surface area contributed by atoms with Gasteiger partial charge in [-0.05, 0) is 68.8 Å². The first kappa shape index (κ1) is 24.0. The molecule has 2 atom stereocenters. The molecule has 1 aliphatic carbocycles. The van der Waals surface area contributed by atoms with Crippen LogP contribution in [0.1, 0.15) is 37.7 Å². The largest absolute Gasteiger partial charge is 0.497 e. The van der Waals surface area contributed by atoms with Gasteiger partial charge in [-0.25, -0.2) is 0 Å². The normalized spacial score (nSPS) is 23.2. The number of nitrogens with one attached hydrogen (secondary N) is 1. The molecule has 1 heterocycles. The molecule has 5 nitrogen and oxygen atoms in total. The van der Waals surface area contributed by atoms with Gasteiger partial charge < -0.3 is 15.8 Å². The molecule has 0 spiro atoms. The van der Waals surface area contributed by atoms with E-state index in [0.717, 1.165) is 64.0 Å². The lowest BCUT2D eigenvalue weighted by Crippen LogP contribution is -2.39. The number of hydrogen-bond donors (Lipinski definition) is 2. The summed E-state index contributed by atoms with van der Waals surface area (Å²) in [5, 5.41) is 3.17. The molecule has 1 aliphatic heterocycles. The Morgan fingerprint density at radius 3 is 2.37 bits per heavy atom. The number of carbonyl (C=O) groups excluding carboxylic acids is 1. The predicted octanol–water partition coefficient (Wildman–Crippen LogP) is 2.99. The molecule has 7 heteroatoms. The van der Waals surface area contributed by atoms with E-state index in [9.17, 15) is 4.79 Å². The summed E-state index contributed by atoms with van der Waals surface area (Å²) in [5.41, 5.74) is 7.23. The van der Waals surface area contributed by atoms with Gasteiger partial charge in [0, 0.05) is 25.0 Å². The molecule has 2 unspecified atom stereocenters. The van der Waals surface area contributed by atoms with E-state index >= 15 is 0 Å². The standard InChI is InChI=1S/C20H31N3O2.2ClH/c1-25-19-6-2-16(3-7-19)14-23-10-8-15(9-11-23)13-22-20(24)17-4-5-18(21)12-17;;/h2-3,6-7,15,17-18H,4-5,8-14,21H2,1H3,(H,22,24);2*1H. The number of benzene rings is 1. The van der Waals surface area contributed by atoms with E-state index in [2.05, 4.69) is 22.3 Å². The van der Waals surface area contributed by atoms with Gasteiger partial charge in [0.1, 0.15) is 5.75 Å². The Balaban J connectivity index is 0.00000182. The van der Waals surface area contributed by atoms with Crippen LogP contribution in [0.5, 0.6) is 5.75 Å². The number of methoxy groups -OCH3 is 1. The third-order valence-electron chi connectivity index (χ3n) is 5.68. The molecule has 2 fully saturated rings. The number of piperidine rings is 1. The molecule has 1 saturated heterocycles. The van der Waals surface area contributed by atoms with Crippen LogP contribution in [0.3, 0.4) is 0 Å². The fourth-order valence-electron chi connectivity index (χ4n) is 3.98. The van der Waals surface area contributed by atoms with E-state index in [1.54, 1.807) is 7.11 Å². The maximum absolute atomic E-state index is 12.2. The number of hydrogen-bond acceptors (Lipinski definition) is 4. The number of ether oxygens (including phenoxy) is 1. The van der Waals surface area contributed by atoms with Crippen LogP contribution in [0.15, 0.2) is 24.3 Å². The highest BCUT2D eigenvalue weighted by atomic mass is 35.5. The average molecular weight is 418 g/mol. The maximum Gasteiger partial charge on any atom is 0.223 e. The van der Waals surface area contributed by atoms with Gasteiger partial charge in [-0.3, -0.25) is 9.69 Å². The lowest BCUT2D eigenvalue weighted by atomic mass is 9.96. The van der Waals surface area contributed by atoms with E-state index in [1.165, 1.54) is 5.56 Å². The molecular weight excluding hydrogens is 385 g/mol. The number of likely N-dealkylation sites (tertiary alicyclic amines) is 1. The Morgan fingerprint density at radius 1 is 1.15 bits per heavy atom. The second-order valence-electron chi connectivity index (χ2n) is 7.58. The molecule has 1 aromatic rings. The molecule has 0 radical (unpaired) electrons. The van der Waals surface area contributed by atoms with Crippen molar-refractivity contribution < 1.29 is 9.53 Å². The molecule has 27 heavy (non-hydrogen) atoms. The van der Waals surface area contributed by atoms with Crippen molar-refractivity contribution in [3.05, 3.63) is 29.8 Å². The summed E-state index contributed by atoms with van der Waals surface area (Å²) in [4.78, 5) is 14.7. The van der Waals surface area contributed by atoms with Crippen LogP contribution in [0, 0.1) is 11.8 Å². The summed E-state index contributed by atoms with van der Waals surface area (Å²) < 4.78 is 5.21. The first-order chi connectivity index (χ1) is 12.1. The zero-order chi connectivity index (χ0) is 17.6. The average Bonchev–Trinajstić information content (AvgIpc) is 3.08. The van der Waals surface area contributed by atoms with Gasteiger partial charge in [0.25, 0.3) is 0 Å². The number of nitrogens with zero attached hydrogens (tertiary/aromatic N) is 1. The van der Waals surface area contributed by atoms with Crippen LogP contribution in [-0.4, -0.2) is 43.6 Å². The zero-order valence-corrected chi connectivity index (χ0v) is 17.7. The van der Waals surface area contributed by atoms with Gasteiger partial charge >= 0.3 is 0 Å². The van der Waals surface area contributed by atoms with Crippen molar-refractivity contribution in [2.75, 3.05) is 26.7 Å². The Labute approximate surface area is 175 Å². The highest BCUT2D eigenvalue weighted by Crippen LogP contribution is 2.25. The Morgan fingerprint density at radius 2 is 1.81 bits per heavy atom. The van der Waals surface area contributed by atoms with Crippen LogP contribution < -0.4 is 15.8 Å². The second-order valence-corrected chi connectivity index (χ2v) is 7.58. The van der Waals surface area contributed by atoms with Crippen molar-refractivity contribution in [1.82, 2.24) is 10.2 Å². The Hall–Kier alpha value is -1.01. The number of amides is 1. The minimum absolute atomic E-state index is 0. The first-order valence-electron chi connectivity index (χ1n) is 9.52. The molecule has 2 aliphatic rings. The summed E-state index contributed by atoms with van der Waals surface area (Å²) in [7, 11) is 1.69. The number of rotatable bonds is 6. The van der Waals surface area contributed by atoms with Crippen molar-refractivity contribution in [3.8, 4) is 5.75 Å². The molecule has 154 valence electrons. The van der Waals surface area contributed by atoms with Crippen LogP contribution in [0.4, 0.5) is 0 Å². The number of nitrogens with two attached hydrogens (primary N) is 1. The van der Waals surface area contributed by atoms with Crippen molar-refractivity contribution >= 4 is 30.7 Å². The molecule has 1 amide bonds. The summed E-state index contributed by atoms with van der Waals surface area (Å²) in [6.45, 7) is 4.01. The topological polar surface area (TPSA) is 67.6 Å². The SMILES string of the molecule is COc1ccc(CN2CCC(CNC(=O)C3CCC(N)C3)CC2)cc1.Cl.Cl. The zero-order valence-electron chi connectivity index (χ0n) is 16.1. The number of halogens is 2. The van der Waals surface area contributed by atoms with E-state index in [0.29, 0.717) is 5.92 Å². The first-order valence-corrected chi connectivity index (χ1v) is 9.52. The van der Waals surface area contributed by atoms with Gasteiger partial charge in [0.15, 0.2) is 0 Å². The minimum atomic E-state index is 0. The van der Waals surface area contributed by atoms with E-state index in [4.69, 9.17) is 10.5 Å². The van der Waals surface area contributed by atoms with Gasteiger partial charge in [-0.2, -0.15) is 0 Å². The van der Waals surface area contributed by atoms with Crippen molar-refractivity contribution in [2.45, 2.75) is 44.7 Å². The molecule has 0 bridgehead atoms. The Kier molecular flexibility index (Phi) is 10.5. The molecule has 3 N–H and O–H groups in total. The summed E-state index contributed by atoms with van der Waals surface area (Å²) in [6.07, 6.45) is 5.10. The third-order valence-corrected chi connectivity index (χ3v) is 5.68. The highest BCUT2D eigenvalue weighted by molar-refractivity contribution is 5.85. The summed E-state index contributed by atoms with van der Waals surface area (Å²) in [6, 6.07) is 8.53. The van der Waals surface area contributed by atoms with Gasteiger partial charge in [0.2, 0.25) is 5.91 Å². The van der Waals surface area contributed by atoms with Gasteiger partial charge in [-0.1, -0.05) is 12.1 Å². The monoisotopic (exact) mass is 417 g/mol. The number of carbonyl (C=O) groups is 1. The Bertz CT molecular complexity index is 563. The van der Waals surface area contributed by atoms with E-state index in [1.807, 2.05) is 12.1 Å². The highest BCUT2D eigenvalue weighted by Gasteiger charge is 2.28. The third kappa shape index (κ3) is 7.15. The summed E-state index contributed by atoms with van der Waals surface area (Å²) in [5.74, 6) is 1.87. The lowest BCUT2D eigenvalue weighted by molar-refractivity contribution is -0.125. The maximum atomic E-state index is 12.2. The molecular formula is C20H33Cl2N3O2. The minimum Gasteiger partial charge on any atom is -0.497 e. The second kappa shape index (κ2) is 11.7. The lowest BCUT2D eigenvalue weighted by Gasteiger charge is -2.32. The fraction of sp³-hybridized carbons (Fsp3) is 0.650. The van der Waals surface area contributed by atoms with Crippen molar-refractivity contribution in [2.24, 2.45) is 17.6 Å². The van der Waals surface area contributed by atoms with Crippen molar-refractivity contribution in [1.29, 1.82) is 0 Å². The smallest absolute Gasteiger partial charge is 0.223 e. The molecule has 3 rings (SSSR count). The quantitative estimate of drug-likeness (QED) is 0.746. The predicted molar refractivity (Wildman–Crippen MR) is 114 cm³/mol. The van der Waals surface area contributed by atoms with E-state index in [-0.39, 0.29) is 42.7 Å². The van der Waals surface area contributed by atoms with Crippen LogP contribution in [0.25, 0.3) is 0 Å². The summed E-state index contributed by atoms with van der Waals surface area (Å²) >= 11 is 0. The molecule has 1 saturated carbocycles. The van der Waals surface area contributed by atoms with Crippen LogP contribution in [0.2, 0.25) is 0 Å². The van der Waals surface area contributed by atoms with Gasteiger partial charge in [-0.15, -0.1) is 24.8 Å². The van der Waals surface area contributed by atoms with Crippen molar-refractivity contribution in [3.63, 3.8) is 0 Å². The van der Waals surface area contributed by atoms with E-state index < -0.39 is 0 Å². The molecule has 0 aromatic heterocycles. The van der Waals surface area contributed by atoms with Gasteiger partial charge in [0.05, 0.1) is 7.11 Å². The fourth-order valence-corrected chi connectivity index (χ4v) is 3.98. The molecule has 1 aromatic carbocycles.